The number of piperidine rings is 1. The predicted octanol–water partition coefficient (Wildman–Crippen LogP) is -0.718. The van der Waals surface area contributed by atoms with E-state index < -0.39 is 10.0 Å². The molecule has 0 spiro atoms. The van der Waals surface area contributed by atoms with Crippen molar-refractivity contribution in [2.45, 2.75) is 25.7 Å². The first-order chi connectivity index (χ1) is 12.2. The van der Waals surface area contributed by atoms with E-state index >= 15 is 0 Å². The zero-order chi connectivity index (χ0) is 19.3. The quantitative estimate of drug-likeness (QED) is 0.575. The van der Waals surface area contributed by atoms with Gasteiger partial charge in [-0.1, -0.05) is 0 Å². The molecular weight excluding hydrogens is 362 g/mol. The maximum absolute atomic E-state index is 12.3. The lowest BCUT2D eigenvalue weighted by Gasteiger charge is -2.33. The zero-order valence-corrected chi connectivity index (χ0v) is 16.2. The van der Waals surface area contributed by atoms with Gasteiger partial charge in [0, 0.05) is 52.1 Å². The van der Waals surface area contributed by atoms with Crippen LogP contribution in [0.3, 0.4) is 0 Å². The number of hydrogen-bond donors (Lipinski definition) is 0. The Labute approximate surface area is 154 Å². The topological polar surface area (TPSA) is 104 Å². The lowest BCUT2D eigenvalue weighted by Crippen LogP contribution is -2.50. The van der Waals surface area contributed by atoms with Crippen LogP contribution in [0.25, 0.3) is 0 Å². The Balaban J connectivity index is 1.71. The molecule has 2 aliphatic rings. The van der Waals surface area contributed by atoms with E-state index in [4.69, 9.17) is 4.74 Å². The average Bonchev–Trinajstić information content (AvgIpc) is 2.64. The highest BCUT2D eigenvalue weighted by Crippen LogP contribution is 2.19. The lowest BCUT2D eigenvalue weighted by atomic mass is 9.97. The van der Waals surface area contributed by atoms with E-state index in [2.05, 4.69) is 0 Å². The number of esters is 1. The smallest absolute Gasteiger partial charge is 0.308 e. The van der Waals surface area contributed by atoms with Crippen molar-refractivity contribution in [3.63, 3.8) is 0 Å². The Morgan fingerprint density at radius 3 is 1.77 bits per heavy atom. The van der Waals surface area contributed by atoms with Crippen molar-refractivity contribution >= 4 is 27.8 Å². The molecule has 2 aliphatic heterocycles. The molecule has 0 unspecified atom stereocenters. The van der Waals surface area contributed by atoms with Gasteiger partial charge in [-0.3, -0.25) is 14.4 Å². The summed E-state index contributed by atoms with van der Waals surface area (Å²) >= 11 is 0. The molecule has 0 aromatic rings. The molecular formula is C16H27N3O6S. The summed E-state index contributed by atoms with van der Waals surface area (Å²) in [6.07, 6.45) is 2.58. The molecule has 2 rings (SSSR count). The zero-order valence-electron chi connectivity index (χ0n) is 15.3. The highest BCUT2D eigenvalue weighted by molar-refractivity contribution is 7.88. The predicted molar refractivity (Wildman–Crippen MR) is 93.6 cm³/mol. The summed E-state index contributed by atoms with van der Waals surface area (Å²) in [5, 5.41) is 0. The average molecular weight is 389 g/mol. The van der Waals surface area contributed by atoms with E-state index in [1.807, 2.05) is 0 Å². The molecule has 148 valence electrons. The first-order valence-corrected chi connectivity index (χ1v) is 10.7. The van der Waals surface area contributed by atoms with Gasteiger partial charge in [0.05, 0.1) is 19.3 Å². The van der Waals surface area contributed by atoms with Crippen molar-refractivity contribution in [1.82, 2.24) is 14.1 Å². The summed E-state index contributed by atoms with van der Waals surface area (Å²) in [5.74, 6) is -0.607. The molecule has 0 atom stereocenters. The SMILES string of the molecule is COC(=O)C1CCN(C(=O)CCC(=O)N2CCN(S(C)(=O)=O)CC2)CC1. The summed E-state index contributed by atoms with van der Waals surface area (Å²) in [5.41, 5.74) is 0. The number of ether oxygens (including phenoxy) is 1. The van der Waals surface area contributed by atoms with Gasteiger partial charge in [0.1, 0.15) is 0 Å². The van der Waals surface area contributed by atoms with E-state index in [0.29, 0.717) is 52.1 Å². The Kier molecular flexibility index (Phi) is 6.99. The molecule has 0 radical (unpaired) electrons. The molecule has 0 aromatic carbocycles. The molecule has 0 aliphatic carbocycles. The van der Waals surface area contributed by atoms with Crippen LogP contribution in [0, 0.1) is 5.92 Å². The number of piperazine rings is 1. The second kappa shape index (κ2) is 8.81. The van der Waals surface area contributed by atoms with Gasteiger partial charge in [0.25, 0.3) is 0 Å². The number of carbonyl (C=O) groups is 3. The van der Waals surface area contributed by atoms with Gasteiger partial charge in [-0.15, -0.1) is 0 Å². The standard InChI is InChI=1S/C16H27N3O6S/c1-25-16(22)13-5-7-17(8-6-13)14(20)3-4-15(21)18-9-11-19(12-10-18)26(2,23)24/h13H,3-12H2,1-2H3. The maximum atomic E-state index is 12.3. The van der Waals surface area contributed by atoms with Crippen molar-refractivity contribution < 1.29 is 27.5 Å². The first-order valence-electron chi connectivity index (χ1n) is 8.81. The number of nitrogens with zero attached hydrogens (tertiary/aromatic N) is 3. The molecule has 9 nitrogen and oxygen atoms in total. The molecule has 0 aromatic heterocycles. The Morgan fingerprint density at radius 2 is 1.35 bits per heavy atom. The summed E-state index contributed by atoms with van der Waals surface area (Å²) in [6.45, 7) is 2.29. The molecule has 2 amide bonds. The van der Waals surface area contributed by atoms with Gasteiger partial charge in [-0.05, 0) is 12.8 Å². The number of likely N-dealkylation sites (tertiary alicyclic amines) is 1. The van der Waals surface area contributed by atoms with Gasteiger partial charge < -0.3 is 14.5 Å². The number of methoxy groups -OCH3 is 1. The van der Waals surface area contributed by atoms with E-state index in [1.165, 1.54) is 11.4 Å². The van der Waals surface area contributed by atoms with Crippen LogP contribution in [0.4, 0.5) is 0 Å². The minimum Gasteiger partial charge on any atom is -0.469 e. The van der Waals surface area contributed by atoms with Gasteiger partial charge in [-0.2, -0.15) is 4.31 Å². The Bertz CT molecular complexity index is 634. The summed E-state index contributed by atoms with van der Waals surface area (Å²) in [6, 6.07) is 0. The fourth-order valence-electron chi connectivity index (χ4n) is 3.33. The molecule has 2 heterocycles. The van der Waals surface area contributed by atoms with Gasteiger partial charge in [0.2, 0.25) is 21.8 Å². The van der Waals surface area contributed by atoms with Crippen LogP contribution < -0.4 is 0 Å². The number of hydrogen-bond acceptors (Lipinski definition) is 6. The van der Waals surface area contributed by atoms with Gasteiger partial charge in [-0.25, -0.2) is 8.42 Å². The third kappa shape index (κ3) is 5.41. The van der Waals surface area contributed by atoms with Crippen molar-refractivity contribution in [2.75, 3.05) is 52.6 Å². The molecule has 26 heavy (non-hydrogen) atoms. The Morgan fingerprint density at radius 1 is 0.885 bits per heavy atom. The molecule has 0 bridgehead atoms. The van der Waals surface area contributed by atoms with Crippen LogP contribution in [0.5, 0.6) is 0 Å². The van der Waals surface area contributed by atoms with Crippen LogP contribution in [0.1, 0.15) is 25.7 Å². The monoisotopic (exact) mass is 389 g/mol. The third-order valence-electron chi connectivity index (χ3n) is 5.00. The first kappa shape index (κ1) is 20.6. The minimum absolute atomic E-state index is 0.0866. The van der Waals surface area contributed by atoms with Crippen molar-refractivity contribution in [3.8, 4) is 0 Å². The van der Waals surface area contributed by atoms with Crippen LogP contribution in [-0.2, 0) is 29.1 Å². The molecule has 2 saturated heterocycles. The van der Waals surface area contributed by atoms with Crippen molar-refractivity contribution in [3.05, 3.63) is 0 Å². The summed E-state index contributed by atoms with van der Waals surface area (Å²) < 4.78 is 29.0. The van der Waals surface area contributed by atoms with Crippen LogP contribution in [0.15, 0.2) is 0 Å². The molecule has 0 N–H and O–H groups in total. The second-order valence-electron chi connectivity index (χ2n) is 6.72. The number of carbonyl (C=O) groups excluding carboxylic acids is 3. The maximum Gasteiger partial charge on any atom is 0.308 e. The fourth-order valence-corrected chi connectivity index (χ4v) is 4.16. The Hall–Kier alpha value is -1.68. The second-order valence-corrected chi connectivity index (χ2v) is 8.70. The van der Waals surface area contributed by atoms with E-state index in [0.717, 1.165) is 6.26 Å². The fraction of sp³-hybridized carbons (Fsp3) is 0.812. The highest BCUT2D eigenvalue weighted by atomic mass is 32.2. The van der Waals surface area contributed by atoms with E-state index in [9.17, 15) is 22.8 Å². The van der Waals surface area contributed by atoms with Crippen LogP contribution in [-0.4, -0.2) is 92.9 Å². The largest absolute Gasteiger partial charge is 0.469 e. The molecule has 10 heteroatoms. The van der Waals surface area contributed by atoms with Crippen molar-refractivity contribution in [2.24, 2.45) is 5.92 Å². The number of sulfonamides is 1. The number of amides is 2. The minimum atomic E-state index is -3.23. The summed E-state index contributed by atoms with van der Waals surface area (Å²) in [4.78, 5) is 39.3. The third-order valence-corrected chi connectivity index (χ3v) is 6.30. The van der Waals surface area contributed by atoms with Gasteiger partial charge in [0.15, 0.2) is 0 Å². The van der Waals surface area contributed by atoms with Crippen molar-refractivity contribution in [1.29, 1.82) is 0 Å². The van der Waals surface area contributed by atoms with Crippen LogP contribution >= 0.6 is 0 Å². The van der Waals surface area contributed by atoms with E-state index in [-0.39, 0.29) is 36.5 Å². The normalized spacial score (nSPS) is 20.1. The van der Waals surface area contributed by atoms with Crippen LogP contribution in [0.2, 0.25) is 0 Å². The number of rotatable bonds is 5. The van der Waals surface area contributed by atoms with E-state index in [1.54, 1.807) is 9.80 Å². The lowest BCUT2D eigenvalue weighted by molar-refractivity contribution is -0.149. The molecule has 0 saturated carbocycles. The van der Waals surface area contributed by atoms with Gasteiger partial charge >= 0.3 is 5.97 Å². The molecule has 2 fully saturated rings. The highest BCUT2D eigenvalue weighted by Gasteiger charge is 2.29. The summed E-state index contributed by atoms with van der Waals surface area (Å²) in [7, 11) is -1.86.